The van der Waals surface area contributed by atoms with Gasteiger partial charge in [0.25, 0.3) is 0 Å². The largest absolute Gasteiger partial charge is 0.379 e. The van der Waals surface area contributed by atoms with E-state index >= 15 is 0 Å². The van der Waals surface area contributed by atoms with Crippen LogP contribution >= 0.6 is 11.3 Å². The lowest BCUT2D eigenvalue weighted by Gasteiger charge is -2.17. The number of aryl methyl sites for hydroxylation is 2. The van der Waals surface area contributed by atoms with Gasteiger partial charge in [-0.15, -0.1) is 11.3 Å². The van der Waals surface area contributed by atoms with Gasteiger partial charge in [0, 0.05) is 35.3 Å². The van der Waals surface area contributed by atoms with Crippen molar-refractivity contribution in [3.05, 3.63) is 59.1 Å². The van der Waals surface area contributed by atoms with E-state index in [2.05, 4.69) is 4.98 Å². The van der Waals surface area contributed by atoms with Crippen LogP contribution in [0.25, 0.3) is 10.6 Å². The van der Waals surface area contributed by atoms with Crippen LogP contribution in [0.15, 0.2) is 52.7 Å². The highest BCUT2D eigenvalue weighted by molar-refractivity contribution is 7.87. The molecule has 1 amide bonds. The zero-order chi connectivity index (χ0) is 20.6. The molecular weight excluding hydrogens is 408 g/mol. The molecular formula is C21H20N2O4S2. The second-order valence-electron chi connectivity index (χ2n) is 6.95. The highest BCUT2D eigenvalue weighted by atomic mass is 32.2. The number of nitrogens with zero attached hydrogens (tertiary/aromatic N) is 2. The molecule has 0 atom stereocenters. The van der Waals surface area contributed by atoms with Crippen LogP contribution in [0.2, 0.25) is 0 Å². The van der Waals surface area contributed by atoms with Gasteiger partial charge in [-0.3, -0.25) is 4.79 Å². The van der Waals surface area contributed by atoms with Gasteiger partial charge in [0.1, 0.15) is 15.7 Å². The third kappa shape index (κ3) is 4.04. The first kappa shape index (κ1) is 19.6. The summed E-state index contributed by atoms with van der Waals surface area (Å²) < 4.78 is 30.9. The van der Waals surface area contributed by atoms with Crippen molar-refractivity contribution in [2.75, 3.05) is 11.4 Å². The maximum absolute atomic E-state index is 12.8. The molecule has 0 N–H and O–H groups in total. The van der Waals surface area contributed by atoms with E-state index in [-0.39, 0.29) is 16.6 Å². The first-order valence-corrected chi connectivity index (χ1v) is 11.5. The molecule has 8 heteroatoms. The van der Waals surface area contributed by atoms with E-state index in [9.17, 15) is 13.2 Å². The number of anilines is 1. The lowest BCUT2D eigenvalue weighted by Crippen LogP contribution is -2.24. The Morgan fingerprint density at radius 1 is 1.10 bits per heavy atom. The third-order valence-corrected chi connectivity index (χ3v) is 7.16. The van der Waals surface area contributed by atoms with Gasteiger partial charge in [-0.2, -0.15) is 8.42 Å². The maximum Gasteiger partial charge on any atom is 0.339 e. The van der Waals surface area contributed by atoms with Crippen LogP contribution in [0.3, 0.4) is 0 Å². The normalized spacial score (nSPS) is 14.4. The fourth-order valence-corrected chi connectivity index (χ4v) is 5.26. The number of hydrogen-bond acceptors (Lipinski definition) is 6. The Hall–Kier alpha value is -2.71. The van der Waals surface area contributed by atoms with E-state index in [1.807, 2.05) is 12.3 Å². The SMILES string of the molecule is Cc1csc(-c2ccc(OS(=O)(=O)c3ccc(N4CCCC4=O)cc3C)cc2)n1. The number of carbonyl (C=O) groups is 1. The molecule has 0 radical (unpaired) electrons. The summed E-state index contributed by atoms with van der Waals surface area (Å²) in [5.74, 6) is 0.298. The number of thiazole rings is 1. The summed E-state index contributed by atoms with van der Waals surface area (Å²) in [6, 6.07) is 11.7. The van der Waals surface area contributed by atoms with Gasteiger partial charge in [0.05, 0.1) is 0 Å². The Balaban J connectivity index is 1.55. The highest BCUT2D eigenvalue weighted by Gasteiger charge is 2.24. The van der Waals surface area contributed by atoms with Gasteiger partial charge in [-0.25, -0.2) is 4.98 Å². The Morgan fingerprint density at radius 3 is 2.45 bits per heavy atom. The van der Waals surface area contributed by atoms with E-state index in [1.165, 1.54) is 17.4 Å². The summed E-state index contributed by atoms with van der Waals surface area (Å²) in [4.78, 5) is 18.1. The summed E-state index contributed by atoms with van der Waals surface area (Å²) in [5, 5.41) is 2.84. The predicted octanol–water partition coefficient (Wildman–Crippen LogP) is 4.32. The van der Waals surface area contributed by atoms with Crippen molar-refractivity contribution in [3.8, 4) is 16.3 Å². The molecule has 1 aliphatic heterocycles. The third-order valence-electron chi connectivity index (χ3n) is 4.74. The summed E-state index contributed by atoms with van der Waals surface area (Å²) in [6.07, 6.45) is 1.34. The van der Waals surface area contributed by atoms with Crippen LogP contribution in [0.4, 0.5) is 5.69 Å². The number of hydrogen-bond donors (Lipinski definition) is 0. The molecule has 3 aromatic rings. The van der Waals surface area contributed by atoms with Crippen LogP contribution in [0.1, 0.15) is 24.1 Å². The molecule has 1 aromatic heterocycles. The average Bonchev–Trinajstić information content (AvgIpc) is 3.30. The number of benzene rings is 2. The van der Waals surface area contributed by atoms with Crippen LogP contribution in [0, 0.1) is 13.8 Å². The molecule has 1 saturated heterocycles. The predicted molar refractivity (Wildman–Crippen MR) is 113 cm³/mol. The van der Waals surface area contributed by atoms with Crippen molar-refractivity contribution in [2.45, 2.75) is 31.6 Å². The van der Waals surface area contributed by atoms with Crippen molar-refractivity contribution in [1.82, 2.24) is 4.98 Å². The monoisotopic (exact) mass is 428 g/mol. The zero-order valence-corrected chi connectivity index (χ0v) is 17.7. The highest BCUT2D eigenvalue weighted by Crippen LogP contribution is 2.29. The minimum atomic E-state index is -3.99. The molecule has 0 bridgehead atoms. The lowest BCUT2D eigenvalue weighted by atomic mass is 10.2. The molecule has 150 valence electrons. The topological polar surface area (TPSA) is 76.6 Å². The molecule has 2 heterocycles. The summed E-state index contributed by atoms with van der Waals surface area (Å²) in [6.45, 7) is 4.29. The van der Waals surface area contributed by atoms with Crippen LogP contribution < -0.4 is 9.08 Å². The van der Waals surface area contributed by atoms with E-state index < -0.39 is 10.1 Å². The number of carbonyl (C=O) groups excluding carboxylic acids is 1. The Morgan fingerprint density at radius 2 is 1.86 bits per heavy atom. The zero-order valence-electron chi connectivity index (χ0n) is 16.1. The summed E-state index contributed by atoms with van der Waals surface area (Å²) >= 11 is 1.53. The quantitative estimate of drug-likeness (QED) is 0.566. The van der Waals surface area contributed by atoms with Crippen molar-refractivity contribution >= 4 is 33.0 Å². The van der Waals surface area contributed by atoms with Crippen molar-refractivity contribution in [3.63, 3.8) is 0 Å². The Bertz CT molecular complexity index is 1170. The molecule has 1 fully saturated rings. The standard InChI is InChI=1S/C21H20N2O4S2/c1-14-12-17(23-11-3-4-20(23)24)7-10-19(14)29(25,26)27-18-8-5-16(6-9-18)21-22-15(2)13-28-21/h5-10,12-13H,3-4,11H2,1-2H3. The number of amides is 1. The number of rotatable bonds is 5. The van der Waals surface area contributed by atoms with E-state index in [1.54, 1.807) is 48.2 Å². The smallest absolute Gasteiger partial charge is 0.339 e. The fourth-order valence-electron chi connectivity index (χ4n) is 3.31. The van der Waals surface area contributed by atoms with Crippen LogP contribution in [0.5, 0.6) is 5.75 Å². The van der Waals surface area contributed by atoms with E-state index in [0.717, 1.165) is 22.7 Å². The molecule has 4 rings (SSSR count). The van der Waals surface area contributed by atoms with Gasteiger partial charge >= 0.3 is 10.1 Å². The van der Waals surface area contributed by atoms with Crippen molar-refractivity contribution < 1.29 is 17.4 Å². The van der Waals surface area contributed by atoms with Gasteiger partial charge in [-0.1, -0.05) is 0 Å². The second kappa shape index (κ2) is 7.61. The van der Waals surface area contributed by atoms with Gasteiger partial charge in [0.2, 0.25) is 5.91 Å². The average molecular weight is 429 g/mol. The van der Waals surface area contributed by atoms with Crippen LogP contribution in [-0.2, 0) is 14.9 Å². The van der Waals surface area contributed by atoms with Gasteiger partial charge < -0.3 is 9.08 Å². The Kier molecular flexibility index (Phi) is 5.14. The minimum Gasteiger partial charge on any atom is -0.379 e. The maximum atomic E-state index is 12.8. The number of aromatic nitrogens is 1. The summed E-state index contributed by atoms with van der Waals surface area (Å²) in [5.41, 5.74) is 3.11. The van der Waals surface area contributed by atoms with Crippen LogP contribution in [-0.4, -0.2) is 25.9 Å². The molecule has 29 heavy (non-hydrogen) atoms. The molecule has 1 aliphatic rings. The van der Waals surface area contributed by atoms with E-state index in [4.69, 9.17) is 4.18 Å². The molecule has 0 saturated carbocycles. The van der Waals surface area contributed by atoms with Crippen molar-refractivity contribution in [1.29, 1.82) is 0 Å². The van der Waals surface area contributed by atoms with Crippen molar-refractivity contribution in [2.24, 2.45) is 0 Å². The second-order valence-corrected chi connectivity index (χ2v) is 9.33. The van der Waals surface area contributed by atoms with Gasteiger partial charge in [0.15, 0.2) is 0 Å². The lowest BCUT2D eigenvalue weighted by molar-refractivity contribution is -0.117. The molecule has 0 aliphatic carbocycles. The van der Waals surface area contributed by atoms with Gasteiger partial charge in [-0.05, 0) is 68.3 Å². The molecule has 0 unspecified atom stereocenters. The molecule has 6 nitrogen and oxygen atoms in total. The Labute approximate surface area is 173 Å². The fraction of sp³-hybridized carbons (Fsp3) is 0.238. The molecule has 2 aromatic carbocycles. The minimum absolute atomic E-state index is 0.0618. The first-order valence-electron chi connectivity index (χ1n) is 9.21. The summed E-state index contributed by atoms with van der Waals surface area (Å²) in [7, 11) is -3.99. The van der Waals surface area contributed by atoms with E-state index in [0.29, 0.717) is 24.2 Å². The first-order chi connectivity index (χ1) is 13.8. The molecule has 0 spiro atoms.